The van der Waals surface area contributed by atoms with E-state index in [1.807, 2.05) is 6.92 Å². The summed E-state index contributed by atoms with van der Waals surface area (Å²) in [7, 11) is 1.59. The minimum Gasteiger partial charge on any atom is -0.497 e. The number of hydrogen-bond acceptors (Lipinski definition) is 10. The van der Waals surface area contributed by atoms with E-state index >= 15 is 0 Å². The fraction of sp³-hybridized carbons (Fsp3) is 0.471. The highest BCUT2D eigenvalue weighted by Crippen LogP contribution is 2.40. The smallest absolute Gasteiger partial charge is 0.232 e. The van der Waals surface area contributed by atoms with Gasteiger partial charge in [-0.3, -0.25) is 9.78 Å². The quantitative estimate of drug-likeness (QED) is 0.689. The molecule has 1 fully saturated rings. The molecule has 148 valence electrons. The third-order valence-electron chi connectivity index (χ3n) is 4.67. The molecule has 1 amide bonds. The molecule has 2 aliphatic rings. The van der Waals surface area contributed by atoms with Gasteiger partial charge in [0.2, 0.25) is 11.0 Å². The maximum absolute atomic E-state index is 12.3. The van der Waals surface area contributed by atoms with E-state index in [1.165, 1.54) is 11.3 Å². The molecule has 2 aromatic rings. The molecule has 1 saturated carbocycles. The minimum absolute atomic E-state index is 0.162. The Morgan fingerprint density at radius 1 is 1.43 bits per heavy atom. The number of ether oxygens (including phenoxy) is 1. The average Bonchev–Trinajstić information content (AvgIpc) is 3.42. The van der Waals surface area contributed by atoms with Gasteiger partial charge in [0.15, 0.2) is 0 Å². The van der Waals surface area contributed by atoms with Crippen molar-refractivity contribution in [1.29, 1.82) is 0 Å². The first-order valence-electron chi connectivity index (χ1n) is 9.00. The van der Waals surface area contributed by atoms with Crippen molar-refractivity contribution >= 4 is 39.4 Å². The van der Waals surface area contributed by atoms with Gasteiger partial charge in [-0.2, -0.15) is 5.10 Å². The van der Waals surface area contributed by atoms with E-state index in [-0.39, 0.29) is 12.3 Å². The lowest BCUT2D eigenvalue weighted by Crippen LogP contribution is -2.33. The zero-order valence-corrected chi connectivity index (χ0v) is 17.2. The number of carbonyl (C=O) groups is 1. The van der Waals surface area contributed by atoms with E-state index in [1.54, 1.807) is 37.4 Å². The normalized spacial score (nSPS) is 22.0. The largest absolute Gasteiger partial charge is 0.497 e. The highest BCUT2D eigenvalue weighted by molar-refractivity contribution is 8.12. The third kappa shape index (κ3) is 4.42. The predicted octanol–water partition coefficient (Wildman–Crippen LogP) is 2.56. The maximum atomic E-state index is 12.3. The molecule has 28 heavy (non-hydrogen) atoms. The van der Waals surface area contributed by atoms with Crippen molar-refractivity contribution in [1.82, 2.24) is 25.1 Å². The lowest BCUT2D eigenvalue weighted by molar-refractivity contribution is -0.115. The number of carbonyl (C=O) groups excluding carboxylic acids is 1. The Balaban J connectivity index is 1.31. The molecular weight excluding hydrogens is 398 g/mol. The van der Waals surface area contributed by atoms with Crippen molar-refractivity contribution in [2.45, 2.75) is 44.6 Å². The van der Waals surface area contributed by atoms with Crippen molar-refractivity contribution in [2.24, 2.45) is 5.10 Å². The molecule has 0 saturated heterocycles. The fourth-order valence-corrected chi connectivity index (χ4v) is 5.01. The van der Waals surface area contributed by atoms with Gasteiger partial charge in [0.25, 0.3) is 0 Å². The van der Waals surface area contributed by atoms with Gasteiger partial charge in [-0.1, -0.05) is 11.3 Å². The van der Waals surface area contributed by atoms with Crippen molar-refractivity contribution < 1.29 is 9.53 Å². The van der Waals surface area contributed by atoms with Gasteiger partial charge in [0, 0.05) is 24.2 Å². The van der Waals surface area contributed by atoms with Crippen LogP contribution in [0.3, 0.4) is 0 Å². The van der Waals surface area contributed by atoms with Crippen LogP contribution in [0.4, 0.5) is 5.13 Å². The minimum atomic E-state index is -0.168. The van der Waals surface area contributed by atoms with E-state index in [0.29, 0.717) is 28.5 Å². The number of hydrazone groups is 1. The highest BCUT2D eigenvalue weighted by atomic mass is 32.2. The first kappa shape index (κ1) is 19.1. The van der Waals surface area contributed by atoms with Crippen LogP contribution in [0, 0.1) is 0 Å². The molecule has 0 spiro atoms. The summed E-state index contributed by atoms with van der Waals surface area (Å²) in [5.74, 6) is 0.868. The summed E-state index contributed by atoms with van der Waals surface area (Å²) in [5.41, 5.74) is 3.71. The fourth-order valence-electron chi connectivity index (χ4n) is 3.31. The number of pyridine rings is 1. The van der Waals surface area contributed by atoms with Crippen LogP contribution in [0.2, 0.25) is 0 Å². The average molecular weight is 420 g/mol. The van der Waals surface area contributed by atoms with Crippen LogP contribution in [0.25, 0.3) is 0 Å². The number of amides is 1. The van der Waals surface area contributed by atoms with Gasteiger partial charge in [-0.15, -0.1) is 14.6 Å². The Hall–Kier alpha value is -2.24. The second-order valence-corrected chi connectivity index (χ2v) is 8.85. The Kier molecular flexibility index (Phi) is 5.74. The molecule has 4 rings (SSSR count). The van der Waals surface area contributed by atoms with Gasteiger partial charge < -0.3 is 10.1 Å². The molecule has 11 heteroatoms. The first-order chi connectivity index (χ1) is 13.6. The number of aromatic nitrogens is 3. The zero-order valence-electron chi connectivity index (χ0n) is 15.6. The number of anilines is 1. The Morgan fingerprint density at radius 2 is 2.32 bits per heavy atom. The Bertz CT molecular complexity index is 888. The van der Waals surface area contributed by atoms with Gasteiger partial charge in [-0.25, -0.2) is 5.53 Å². The first-order valence-corrected chi connectivity index (χ1v) is 10.6. The highest BCUT2D eigenvalue weighted by Gasteiger charge is 2.34. The zero-order chi connectivity index (χ0) is 19.5. The Labute approximate surface area is 171 Å². The summed E-state index contributed by atoms with van der Waals surface area (Å²) in [5, 5.41) is 18.0. The van der Waals surface area contributed by atoms with Crippen molar-refractivity contribution in [2.75, 3.05) is 12.4 Å². The van der Waals surface area contributed by atoms with Crippen molar-refractivity contribution in [3.63, 3.8) is 0 Å². The topological polar surface area (TPSA) is 105 Å². The molecule has 3 heterocycles. The number of nitrogens with one attached hydrogen (secondary N) is 2. The number of hydrazine groups is 1. The number of hydrogen-bond donors (Lipinski definition) is 2. The molecule has 2 N–H and O–H groups in total. The van der Waals surface area contributed by atoms with Gasteiger partial charge in [0.1, 0.15) is 15.8 Å². The number of methoxy groups -OCH3 is 1. The molecule has 0 radical (unpaired) electrons. The maximum Gasteiger partial charge on any atom is 0.232 e. The lowest BCUT2D eigenvalue weighted by Gasteiger charge is -2.20. The Morgan fingerprint density at radius 3 is 3.11 bits per heavy atom. The second-order valence-electron chi connectivity index (χ2n) is 6.67. The predicted molar refractivity (Wildman–Crippen MR) is 109 cm³/mol. The summed E-state index contributed by atoms with van der Waals surface area (Å²) < 4.78 is 7.27. The summed E-state index contributed by atoms with van der Waals surface area (Å²) in [6.07, 6.45) is 4.92. The van der Waals surface area contributed by atoms with E-state index in [2.05, 4.69) is 35.5 Å². The summed E-state index contributed by atoms with van der Waals surface area (Å²) in [6.45, 7) is 1.99. The molecule has 9 nitrogen and oxygen atoms in total. The second kappa shape index (κ2) is 8.41. The van der Waals surface area contributed by atoms with Gasteiger partial charge in [-0.05, 0) is 44.2 Å². The number of rotatable bonds is 6. The van der Waals surface area contributed by atoms with Crippen LogP contribution >= 0.6 is 23.3 Å². The molecule has 1 aliphatic heterocycles. The summed E-state index contributed by atoms with van der Waals surface area (Å²) in [4.78, 5) is 16.5. The summed E-state index contributed by atoms with van der Waals surface area (Å²) >= 11 is 3.09. The van der Waals surface area contributed by atoms with Crippen molar-refractivity contribution in [3.05, 3.63) is 29.0 Å². The van der Waals surface area contributed by atoms with Gasteiger partial charge in [0.05, 0.1) is 19.2 Å². The van der Waals surface area contributed by atoms with E-state index < -0.39 is 0 Å². The summed E-state index contributed by atoms with van der Waals surface area (Å²) in [6, 6.07) is 3.91. The van der Waals surface area contributed by atoms with E-state index in [4.69, 9.17) is 4.74 Å². The van der Waals surface area contributed by atoms with Crippen LogP contribution in [-0.2, 0) is 11.2 Å². The molecule has 2 aromatic heterocycles. The van der Waals surface area contributed by atoms with Crippen molar-refractivity contribution in [3.8, 4) is 5.75 Å². The van der Waals surface area contributed by atoms with E-state index in [0.717, 1.165) is 29.3 Å². The SMILES string of the molecule is COc1ccnc(CC(=O)Nc2nnc(C3CC[C@H](N4NN=C(C)S4)C3)s2)c1. The van der Waals surface area contributed by atoms with Crippen LogP contribution in [0.5, 0.6) is 5.75 Å². The lowest BCUT2D eigenvalue weighted by atomic mass is 10.1. The molecule has 0 bridgehead atoms. The van der Waals surface area contributed by atoms with E-state index in [9.17, 15) is 4.79 Å². The number of nitrogens with zero attached hydrogens (tertiary/aromatic N) is 5. The molecule has 0 aromatic carbocycles. The van der Waals surface area contributed by atoms with Crippen LogP contribution < -0.4 is 15.6 Å². The molecule has 1 aliphatic carbocycles. The van der Waals surface area contributed by atoms with Crippen LogP contribution in [0.15, 0.2) is 23.4 Å². The standard InChI is InChI=1S/C17H21N7O2S2/c1-10-20-23-24(28-10)13-4-3-11(7-13)16-21-22-17(27-16)19-15(25)9-12-8-14(26-2)5-6-18-12/h5-6,8,11,13,23H,3-4,7,9H2,1-2H3,(H,19,22,25)/t11?,13-/m0/s1. The monoisotopic (exact) mass is 419 g/mol. The molecular formula is C17H21N7O2S2. The molecule has 2 atom stereocenters. The third-order valence-corrected chi connectivity index (χ3v) is 6.61. The van der Waals surface area contributed by atoms with Gasteiger partial charge >= 0.3 is 0 Å². The van der Waals surface area contributed by atoms with Crippen LogP contribution in [-0.4, -0.2) is 43.7 Å². The molecule has 1 unspecified atom stereocenters. The van der Waals surface area contributed by atoms with Crippen LogP contribution in [0.1, 0.15) is 42.8 Å².